The average Bonchev–Trinajstić information content (AvgIpc) is 3.43. The molecule has 0 aliphatic heterocycles. The number of nitrogens with zero attached hydrogens (tertiary/aromatic N) is 2. The minimum Gasteiger partial charge on any atom is -0.292 e. The van der Waals surface area contributed by atoms with Gasteiger partial charge in [-0.05, 0) is 46.0 Å². The van der Waals surface area contributed by atoms with Gasteiger partial charge >= 0.3 is 0 Å². The zero-order chi connectivity index (χ0) is 26.9. The SMILES string of the molecule is C=CCc1ccc(-c2nc3c4ccccc4c4ccccc4c3n2-c2ccc(/C=C/c3ccccc3)cc2)cc1. The van der Waals surface area contributed by atoms with E-state index in [1.54, 1.807) is 0 Å². The van der Waals surface area contributed by atoms with Crippen molar-refractivity contribution in [3.63, 3.8) is 0 Å². The van der Waals surface area contributed by atoms with Crippen LogP contribution in [-0.2, 0) is 6.42 Å². The zero-order valence-corrected chi connectivity index (χ0v) is 22.2. The number of aromatic nitrogens is 2. The van der Waals surface area contributed by atoms with E-state index in [0.717, 1.165) is 40.1 Å². The molecule has 0 amide bonds. The predicted octanol–water partition coefficient (Wildman–Crippen LogP) is 9.90. The molecule has 0 aliphatic rings. The van der Waals surface area contributed by atoms with Crippen LogP contribution < -0.4 is 0 Å². The second-order valence-electron chi connectivity index (χ2n) is 10.1. The molecule has 0 saturated carbocycles. The van der Waals surface area contributed by atoms with Crippen molar-refractivity contribution < 1.29 is 0 Å². The Labute approximate surface area is 234 Å². The van der Waals surface area contributed by atoms with Crippen molar-refractivity contribution in [2.45, 2.75) is 6.42 Å². The molecule has 0 fully saturated rings. The van der Waals surface area contributed by atoms with E-state index in [0.29, 0.717) is 0 Å². The summed E-state index contributed by atoms with van der Waals surface area (Å²) >= 11 is 0. The van der Waals surface area contributed by atoms with Crippen molar-refractivity contribution in [1.29, 1.82) is 0 Å². The molecule has 40 heavy (non-hydrogen) atoms. The molecular formula is C38H28N2. The normalized spacial score (nSPS) is 11.6. The van der Waals surface area contributed by atoms with Gasteiger partial charge in [-0.2, -0.15) is 0 Å². The third-order valence-corrected chi connectivity index (χ3v) is 7.54. The summed E-state index contributed by atoms with van der Waals surface area (Å²) in [7, 11) is 0. The molecule has 7 aromatic rings. The van der Waals surface area contributed by atoms with Crippen LogP contribution in [-0.4, -0.2) is 9.55 Å². The Morgan fingerprint density at radius 2 is 1.15 bits per heavy atom. The predicted molar refractivity (Wildman–Crippen MR) is 171 cm³/mol. The van der Waals surface area contributed by atoms with Gasteiger partial charge in [0, 0.05) is 22.0 Å². The number of allylic oxidation sites excluding steroid dienone is 1. The minimum absolute atomic E-state index is 0.851. The molecule has 0 atom stereocenters. The fourth-order valence-corrected chi connectivity index (χ4v) is 5.60. The first kappa shape index (κ1) is 23.9. The number of benzene rings is 6. The maximum atomic E-state index is 5.34. The van der Waals surface area contributed by atoms with Gasteiger partial charge in [0.15, 0.2) is 0 Å². The molecule has 0 aliphatic carbocycles. The van der Waals surface area contributed by atoms with E-state index < -0.39 is 0 Å². The molecule has 0 radical (unpaired) electrons. The number of rotatable bonds is 6. The van der Waals surface area contributed by atoms with Crippen molar-refractivity contribution in [3.8, 4) is 17.1 Å². The summed E-state index contributed by atoms with van der Waals surface area (Å²) in [4.78, 5) is 5.34. The Morgan fingerprint density at radius 1 is 0.575 bits per heavy atom. The smallest absolute Gasteiger partial charge is 0.145 e. The molecule has 0 N–H and O–H groups in total. The molecule has 1 aromatic heterocycles. The van der Waals surface area contributed by atoms with Crippen molar-refractivity contribution in [2.75, 3.05) is 0 Å². The molecule has 0 bridgehead atoms. The molecule has 6 aromatic carbocycles. The van der Waals surface area contributed by atoms with Gasteiger partial charge < -0.3 is 0 Å². The largest absolute Gasteiger partial charge is 0.292 e. The van der Waals surface area contributed by atoms with Gasteiger partial charge in [0.1, 0.15) is 5.82 Å². The van der Waals surface area contributed by atoms with Gasteiger partial charge in [-0.3, -0.25) is 4.57 Å². The van der Waals surface area contributed by atoms with E-state index in [1.807, 2.05) is 12.1 Å². The van der Waals surface area contributed by atoms with E-state index in [1.165, 1.54) is 32.7 Å². The first-order valence-electron chi connectivity index (χ1n) is 13.7. The summed E-state index contributed by atoms with van der Waals surface area (Å²) in [6, 6.07) is 45.1. The van der Waals surface area contributed by atoms with Gasteiger partial charge in [-0.1, -0.05) is 133 Å². The van der Waals surface area contributed by atoms with Crippen LogP contribution in [0.15, 0.2) is 140 Å². The zero-order valence-electron chi connectivity index (χ0n) is 22.2. The summed E-state index contributed by atoms with van der Waals surface area (Å²) in [6.45, 7) is 3.89. The lowest BCUT2D eigenvalue weighted by molar-refractivity contribution is 1.10. The summed E-state index contributed by atoms with van der Waals surface area (Å²) in [5, 5.41) is 4.83. The van der Waals surface area contributed by atoms with Crippen molar-refractivity contribution in [1.82, 2.24) is 9.55 Å². The lowest BCUT2D eigenvalue weighted by Crippen LogP contribution is -1.98. The van der Waals surface area contributed by atoms with Gasteiger partial charge in [0.25, 0.3) is 0 Å². The van der Waals surface area contributed by atoms with Crippen LogP contribution in [0.3, 0.4) is 0 Å². The monoisotopic (exact) mass is 512 g/mol. The highest BCUT2D eigenvalue weighted by atomic mass is 15.1. The second kappa shape index (κ2) is 10.2. The first-order chi connectivity index (χ1) is 19.8. The lowest BCUT2D eigenvalue weighted by Gasteiger charge is -2.13. The van der Waals surface area contributed by atoms with Gasteiger partial charge in [-0.15, -0.1) is 6.58 Å². The summed E-state index contributed by atoms with van der Waals surface area (Å²) in [6.07, 6.45) is 7.10. The summed E-state index contributed by atoms with van der Waals surface area (Å²) < 4.78 is 2.33. The molecule has 1 heterocycles. The molecule has 0 spiro atoms. The van der Waals surface area contributed by atoms with Crippen molar-refractivity contribution in [2.24, 2.45) is 0 Å². The minimum atomic E-state index is 0.851. The van der Waals surface area contributed by atoms with Gasteiger partial charge in [0.05, 0.1) is 11.0 Å². The topological polar surface area (TPSA) is 17.8 Å². The van der Waals surface area contributed by atoms with E-state index >= 15 is 0 Å². The van der Waals surface area contributed by atoms with Crippen LogP contribution in [0.4, 0.5) is 0 Å². The van der Waals surface area contributed by atoms with E-state index in [2.05, 4.69) is 145 Å². The molecule has 190 valence electrons. The third-order valence-electron chi connectivity index (χ3n) is 7.54. The van der Waals surface area contributed by atoms with E-state index in [-0.39, 0.29) is 0 Å². The van der Waals surface area contributed by atoms with E-state index in [4.69, 9.17) is 4.98 Å². The Kier molecular flexibility index (Phi) is 6.07. The fraction of sp³-hybridized carbons (Fsp3) is 0.0263. The standard InChI is InChI=1S/C38H28N2/c1-2-10-27-19-23-30(24-20-27)38-39-36-34-15-8-6-13-32(34)33-14-7-9-16-35(33)37(36)40(38)31-25-21-29(22-26-31)18-17-28-11-4-3-5-12-28/h2-9,11-26H,1,10H2/b18-17+. The van der Waals surface area contributed by atoms with Crippen LogP contribution in [0.25, 0.3) is 61.8 Å². The number of imidazole rings is 1. The van der Waals surface area contributed by atoms with Crippen molar-refractivity contribution >= 4 is 44.7 Å². The maximum Gasteiger partial charge on any atom is 0.145 e. The highest BCUT2D eigenvalue weighted by Crippen LogP contribution is 2.39. The lowest BCUT2D eigenvalue weighted by atomic mass is 10.00. The number of hydrogen-bond donors (Lipinski definition) is 0. The summed E-state index contributed by atoms with van der Waals surface area (Å²) in [5.74, 6) is 0.939. The van der Waals surface area contributed by atoms with Crippen LogP contribution >= 0.6 is 0 Å². The van der Waals surface area contributed by atoms with Crippen LogP contribution in [0, 0.1) is 0 Å². The molecule has 2 nitrogen and oxygen atoms in total. The quantitative estimate of drug-likeness (QED) is 0.123. The van der Waals surface area contributed by atoms with Crippen molar-refractivity contribution in [3.05, 3.63) is 157 Å². The third kappa shape index (κ3) is 4.20. The van der Waals surface area contributed by atoms with Crippen LogP contribution in [0.5, 0.6) is 0 Å². The Bertz CT molecular complexity index is 2010. The second-order valence-corrected chi connectivity index (χ2v) is 10.1. The molecule has 0 saturated heterocycles. The number of fused-ring (bicyclic) bond motifs is 6. The molecule has 7 rings (SSSR count). The van der Waals surface area contributed by atoms with Crippen LogP contribution in [0.1, 0.15) is 16.7 Å². The first-order valence-corrected chi connectivity index (χ1v) is 13.7. The Morgan fingerprint density at radius 3 is 1.82 bits per heavy atom. The molecule has 0 unspecified atom stereocenters. The van der Waals surface area contributed by atoms with E-state index in [9.17, 15) is 0 Å². The Hall–Kier alpha value is -5.21. The highest BCUT2D eigenvalue weighted by molar-refractivity contribution is 6.24. The molecule has 2 heteroatoms. The summed E-state index contributed by atoms with van der Waals surface area (Å²) in [5.41, 5.74) is 7.91. The fourth-order valence-electron chi connectivity index (χ4n) is 5.60. The average molecular weight is 513 g/mol. The Balaban J connectivity index is 1.46. The van der Waals surface area contributed by atoms with Gasteiger partial charge in [0.2, 0.25) is 0 Å². The maximum absolute atomic E-state index is 5.34. The number of hydrogen-bond acceptors (Lipinski definition) is 1. The highest BCUT2D eigenvalue weighted by Gasteiger charge is 2.19. The van der Waals surface area contributed by atoms with Crippen LogP contribution in [0.2, 0.25) is 0 Å². The van der Waals surface area contributed by atoms with Gasteiger partial charge in [-0.25, -0.2) is 4.98 Å². The molecular weight excluding hydrogens is 484 g/mol.